The van der Waals surface area contributed by atoms with E-state index in [1.807, 2.05) is 11.9 Å². The molecule has 60 valence electrons. The van der Waals surface area contributed by atoms with Crippen molar-refractivity contribution in [2.75, 3.05) is 13.6 Å². The van der Waals surface area contributed by atoms with Gasteiger partial charge in [-0.1, -0.05) is 0 Å². The highest BCUT2D eigenvalue weighted by Crippen LogP contribution is 1.96. The van der Waals surface area contributed by atoms with Crippen molar-refractivity contribution >= 4 is 12.6 Å². The van der Waals surface area contributed by atoms with Crippen LogP contribution >= 0.6 is 0 Å². The number of carbonyl (C=O) groups is 1. The maximum atomic E-state index is 9.86. The third-order valence-electron chi connectivity index (χ3n) is 1.20. The second kappa shape index (κ2) is 3.60. The van der Waals surface area contributed by atoms with Gasteiger partial charge in [-0.15, -0.1) is 0 Å². The zero-order valence-electron chi connectivity index (χ0n) is 6.24. The molecule has 0 aromatic carbocycles. The van der Waals surface area contributed by atoms with Crippen LogP contribution in [0.3, 0.4) is 0 Å². The number of hydrazine groups is 1. The molecule has 1 rings (SSSR count). The normalized spacial score (nSPS) is 15.7. The molecule has 1 aliphatic rings. The molecule has 0 aromatic heterocycles. The number of aliphatic imine (C=N–C) groups is 1. The minimum absolute atomic E-state index is 0.560. The Hall–Kier alpha value is -1.52. The topological polar surface area (TPSA) is 56.7 Å². The molecule has 0 aliphatic carbocycles. The molecule has 2 N–H and O–H groups in total. The number of amides is 1. The maximum absolute atomic E-state index is 9.86. The lowest BCUT2D eigenvalue weighted by molar-refractivity contribution is -0.110. The Balaban J connectivity index is 2.43. The second-order valence-corrected chi connectivity index (χ2v) is 2.15. The molecule has 5 nitrogen and oxygen atoms in total. The number of hydrogen-bond acceptors (Lipinski definition) is 4. The summed E-state index contributed by atoms with van der Waals surface area (Å²) in [5, 5.41) is 0. The molecule has 0 bridgehead atoms. The van der Waals surface area contributed by atoms with Gasteiger partial charge in [-0.3, -0.25) is 15.6 Å². The van der Waals surface area contributed by atoms with E-state index in [1.54, 1.807) is 12.4 Å². The Bertz CT molecular complexity index is 199. The van der Waals surface area contributed by atoms with Crippen molar-refractivity contribution in [2.24, 2.45) is 4.99 Å². The molecule has 0 aromatic rings. The molecule has 0 atom stereocenters. The van der Waals surface area contributed by atoms with Gasteiger partial charge in [0.05, 0.1) is 6.54 Å². The van der Waals surface area contributed by atoms with Gasteiger partial charge in [-0.25, -0.2) is 4.99 Å². The number of carbonyl (C=O) groups excluding carboxylic acids is 1. The van der Waals surface area contributed by atoms with Crippen LogP contribution in [0.15, 0.2) is 17.0 Å². The molecule has 5 heteroatoms. The van der Waals surface area contributed by atoms with Gasteiger partial charge < -0.3 is 4.90 Å². The summed E-state index contributed by atoms with van der Waals surface area (Å²) in [6.45, 7) is 0.798. The smallest absolute Gasteiger partial charge is 0.225 e. The van der Waals surface area contributed by atoms with E-state index >= 15 is 0 Å². The first-order valence-electron chi connectivity index (χ1n) is 3.22. The van der Waals surface area contributed by atoms with Crippen LogP contribution in [-0.4, -0.2) is 31.1 Å². The Kier molecular flexibility index (Phi) is 2.48. The fraction of sp³-hybridized carbons (Fsp3) is 0.333. The lowest BCUT2D eigenvalue weighted by atomic mass is 10.5. The van der Waals surface area contributed by atoms with Gasteiger partial charge in [-0.05, 0) is 0 Å². The molecular weight excluding hydrogens is 144 g/mol. The third-order valence-corrected chi connectivity index (χ3v) is 1.20. The Morgan fingerprint density at radius 3 is 3.27 bits per heavy atom. The van der Waals surface area contributed by atoms with E-state index in [9.17, 15) is 4.79 Å². The molecule has 1 amide bonds. The first-order valence-corrected chi connectivity index (χ1v) is 3.22. The summed E-state index contributed by atoms with van der Waals surface area (Å²) in [4.78, 5) is 15.8. The van der Waals surface area contributed by atoms with Crippen LogP contribution in [0.1, 0.15) is 0 Å². The first-order chi connectivity index (χ1) is 5.33. The monoisotopic (exact) mass is 154 g/mol. The van der Waals surface area contributed by atoms with Gasteiger partial charge in [0.2, 0.25) is 6.41 Å². The molecule has 1 heterocycles. The van der Waals surface area contributed by atoms with Crippen molar-refractivity contribution in [1.82, 2.24) is 15.8 Å². The highest BCUT2D eigenvalue weighted by molar-refractivity contribution is 5.62. The summed E-state index contributed by atoms with van der Waals surface area (Å²) in [7, 11) is 1.92. The fourth-order valence-corrected chi connectivity index (χ4v) is 0.731. The minimum Gasteiger partial charge on any atom is -0.372 e. The van der Waals surface area contributed by atoms with E-state index in [0.29, 0.717) is 12.2 Å². The zero-order chi connectivity index (χ0) is 8.10. The van der Waals surface area contributed by atoms with Crippen molar-refractivity contribution < 1.29 is 4.79 Å². The molecule has 0 spiro atoms. The van der Waals surface area contributed by atoms with Crippen molar-refractivity contribution in [2.45, 2.75) is 0 Å². The quantitative estimate of drug-likeness (QED) is 0.407. The van der Waals surface area contributed by atoms with Crippen LogP contribution in [0.4, 0.5) is 0 Å². The molecular formula is C6H10N4O. The van der Waals surface area contributed by atoms with Gasteiger partial charge in [-0.2, -0.15) is 0 Å². The van der Waals surface area contributed by atoms with Crippen molar-refractivity contribution in [3.05, 3.63) is 12.0 Å². The average molecular weight is 154 g/mol. The maximum Gasteiger partial charge on any atom is 0.225 e. The standard InChI is InChI=1S/C6H10N4O/c1-10-3-2-7-6(4-10)9-8-5-11/h2,4-5,9H,3H2,1H3,(H,8,11). The van der Waals surface area contributed by atoms with Crippen molar-refractivity contribution in [1.29, 1.82) is 0 Å². The van der Waals surface area contributed by atoms with Gasteiger partial charge in [0.15, 0.2) is 5.82 Å². The van der Waals surface area contributed by atoms with Crippen LogP contribution in [-0.2, 0) is 4.79 Å². The summed E-state index contributed by atoms with van der Waals surface area (Å²) < 4.78 is 0. The van der Waals surface area contributed by atoms with E-state index in [4.69, 9.17) is 0 Å². The molecule has 0 saturated heterocycles. The minimum atomic E-state index is 0.560. The van der Waals surface area contributed by atoms with Gasteiger partial charge in [0, 0.05) is 19.5 Å². The number of hydrogen-bond donors (Lipinski definition) is 2. The van der Waals surface area contributed by atoms with E-state index in [-0.39, 0.29) is 0 Å². The number of nitrogens with one attached hydrogen (secondary N) is 2. The summed E-state index contributed by atoms with van der Waals surface area (Å²) in [6.07, 6.45) is 4.12. The number of rotatable bonds is 3. The van der Waals surface area contributed by atoms with E-state index in [2.05, 4.69) is 15.8 Å². The summed E-state index contributed by atoms with van der Waals surface area (Å²) in [6, 6.07) is 0. The van der Waals surface area contributed by atoms with Gasteiger partial charge >= 0.3 is 0 Å². The van der Waals surface area contributed by atoms with Gasteiger partial charge in [0.1, 0.15) is 0 Å². The zero-order valence-corrected chi connectivity index (χ0v) is 6.24. The van der Waals surface area contributed by atoms with E-state index < -0.39 is 0 Å². The molecule has 0 unspecified atom stereocenters. The molecule has 0 saturated carbocycles. The largest absolute Gasteiger partial charge is 0.372 e. The third kappa shape index (κ3) is 2.29. The van der Waals surface area contributed by atoms with Crippen LogP contribution in [0.2, 0.25) is 0 Å². The first kappa shape index (κ1) is 7.59. The Morgan fingerprint density at radius 1 is 1.82 bits per heavy atom. The lowest BCUT2D eigenvalue weighted by Gasteiger charge is -2.16. The molecule has 0 radical (unpaired) electrons. The molecule has 0 fully saturated rings. The fourth-order valence-electron chi connectivity index (χ4n) is 0.731. The van der Waals surface area contributed by atoms with E-state index in [1.165, 1.54) is 0 Å². The SMILES string of the molecule is CN1C=C(NNC=O)N=CC1. The summed E-state index contributed by atoms with van der Waals surface area (Å²) in [5.74, 6) is 0.630. The van der Waals surface area contributed by atoms with Crippen LogP contribution in [0.25, 0.3) is 0 Å². The van der Waals surface area contributed by atoms with Crippen LogP contribution in [0.5, 0.6) is 0 Å². The summed E-state index contributed by atoms with van der Waals surface area (Å²) >= 11 is 0. The average Bonchev–Trinajstić information content (AvgIpc) is 2.01. The van der Waals surface area contributed by atoms with Crippen molar-refractivity contribution in [3.8, 4) is 0 Å². The van der Waals surface area contributed by atoms with Crippen molar-refractivity contribution in [3.63, 3.8) is 0 Å². The highest BCUT2D eigenvalue weighted by atomic mass is 16.1. The van der Waals surface area contributed by atoms with Crippen LogP contribution < -0.4 is 10.9 Å². The second-order valence-electron chi connectivity index (χ2n) is 2.15. The Morgan fingerprint density at radius 2 is 2.64 bits per heavy atom. The number of nitrogens with zero attached hydrogens (tertiary/aromatic N) is 2. The predicted molar refractivity (Wildman–Crippen MR) is 41.5 cm³/mol. The lowest BCUT2D eigenvalue weighted by Crippen LogP contribution is -2.32. The molecule has 1 aliphatic heterocycles. The van der Waals surface area contributed by atoms with E-state index in [0.717, 1.165) is 6.54 Å². The summed E-state index contributed by atoms with van der Waals surface area (Å²) in [5.41, 5.74) is 4.90. The highest BCUT2D eigenvalue weighted by Gasteiger charge is 1.99. The molecule has 11 heavy (non-hydrogen) atoms. The van der Waals surface area contributed by atoms with Crippen LogP contribution in [0, 0.1) is 0 Å². The Labute approximate surface area is 64.8 Å². The predicted octanol–water partition coefficient (Wildman–Crippen LogP) is -0.948. The van der Waals surface area contributed by atoms with Gasteiger partial charge in [0.25, 0.3) is 0 Å².